The topological polar surface area (TPSA) is 37.4 Å². The van der Waals surface area contributed by atoms with Crippen LogP contribution >= 0.6 is 15.9 Å². The van der Waals surface area contributed by atoms with Gasteiger partial charge in [-0.3, -0.25) is 9.59 Å². The summed E-state index contributed by atoms with van der Waals surface area (Å²) in [6.07, 6.45) is 0.378. The Hall–Kier alpha value is -1.23. The molecule has 0 bridgehead atoms. The van der Waals surface area contributed by atoms with E-state index in [1.807, 2.05) is 6.92 Å². The Kier molecular flexibility index (Phi) is 3.80. The van der Waals surface area contributed by atoms with E-state index in [1.165, 1.54) is 12.1 Å². The lowest BCUT2D eigenvalue weighted by Gasteiger charge is -2.30. The summed E-state index contributed by atoms with van der Waals surface area (Å²) in [4.78, 5) is 25.2. The Bertz CT molecular complexity index is 484. The molecule has 0 saturated carbocycles. The predicted octanol–water partition coefficient (Wildman–Crippen LogP) is 2.64. The van der Waals surface area contributed by atoms with Crippen molar-refractivity contribution >= 4 is 27.6 Å². The van der Waals surface area contributed by atoms with E-state index < -0.39 is 5.82 Å². The van der Waals surface area contributed by atoms with Gasteiger partial charge in [0.25, 0.3) is 5.91 Å². The Morgan fingerprint density at radius 1 is 1.44 bits per heavy atom. The zero-order valence-corrected chi connectivity index (χ0v) is 11.5. The summed E-state index contributed by atoms with van der Waals surface area (Å²) in [5.41, 5.74) is 0.309. The molecule has 0 aliphatic carbocycles. The monoisotopic (exact) mass is 313 g/mol. The number of nitrogens with zero attached hydrogens (tertiary/aromatic N) is 1. The number of hydrogen-bond donors (Lipinski definition) is 0. The van der Waals surface area contributed by atoms with Crippen molar-refractivity contribution in [3.8, 4) is 0 Å². The quantitative estimate of drug-likeness (QED) is 0.799. The van der Waals surface area contributed by atoms with Crippen LogP contribution in [0.3, 0.4) is 0 Å². The summed E-state index contributed by atoms with van der Waals surface area (Å²) in [5.74, 6) is -0.636. The van der Waals surface area contributed by atoms with Crippen molar-refractivity contribution in [3.05, 3.63) is 34.1 Å². The molecule has 2 rings (SSSR count). The highest BCUT2D eigenvalue weighted by atomic mass is 79.9. The molecule has 5 heteroatoms. The van der Waals surface area contributed by atoms with E-state index in [9.17, 15) is 14.0 Å². The van der Waals surface area contributed by atoms with Crippen LogP contribution < -0.4 is 0 Å². The molecule has 3 nitrogen and oxygen atoms in total. The molecule has 0 aromatic heterocycles. The van der Waals surface area contributed by atoms with Crippen molar-refractivity contribution in [2.24, 2.45) is 5.92 Å². The average Bonchev–Trinajstić information content (AvgIpc) is 2.30. The minimum atomic E-state index is -0.450. The van der Waals surface area contributed by atoms with E-state index in [0.29, 0.717) is 29.5 Å². The number of benzene rings is 1. The molecular weight excluding hydrogens is 301 g/mol. The minimum Gasteiger partial charge on any atom is -0.337 e. The second-order valence-corrected chi connectivity index (χ2v) is 5.44. The van der Waals surface area contributed by atoms with E-state index >= 15 is 0 Å². The number of carbonyl (C=O) groups excluding carboxylic acids is 2. The Morgan fingerprint density at radius 2 is 2.17 bits per heavy atom. The van der Waals surface area contributed by atoms with Crippen LogP contribution in [0.25, 0.3) is 0 Å². The largest absolute Gasteiger partial charge is 0.337 e. The fourth-order valence-electron chi connectivity index (χ4n) is 2.06. The molecule has 1 fully saturated rings. The summed E-state index contributed by atoms with van der Waals surface area (Å²) in [6, 6.07) is 4.11. The zero-order chi connectivity index (χ0) is 13.3. The van der Waals surface area contributed by atoms with Gasteiger partial charge in [-0.25, -0.2) is 4.39 Å². The van der Waals surface area contributed by atoms with Crippen LogP contribution in [0.5, 0.6) is 0 Å². The molecular formula is C13H13BrFNO2. The number of halogens is 2. The lowest BCUT2D eigenvalue weighted by atomic mass is 9.98. The van der Waals surface area contributed by atoms with Crippen molar-refractivity contribution in [2.45, 2.75) is 13.3 Å². The summed E-state index contributed by atoms with van der Waals surface area (Å²) in [6.45, 7) is 2.63. The molecule has 1 aromatic carbocycles. The van der Waals surface area contributed by atoms with Gasteiger partial charge in [0, 0.05) is 35.5 Å². The third kappa shape index (κ3) is 2.77. The molecule has 1 unspecified atom stereocenters. The smallest absolute Gasteiger partial charge is 0.254 e. The number of piperidine rings is 1. The van der Waals surface area contributed by atoms with Crippen molar-refractivity contribution in [3.63, 3.8) is 0 Å². The van der Waals surface area contributed by atoms with Gasteiger partial charge in [-0.15, -0.1) is 0 Å². The summed E-state index contributed by atoms with van der Waals surface area (Å²) in [7, 11) is 0. The number of amides is 1. The Labute approximate surface area is 113 Å². The molecule has 1 atom stereocenters. The standard InChI is InChI=1S/C13H13BrFNO2/c1-8-7-16(3-2-12(8)17)13(18)9-4-10(14)6-11(15)5-9/h4-6,8H,2-3,7H2,1H3. The number of rotatable bonds is 1. The maximum absolute atomic E-state index is 13.2. The first-order valence-electron chi connectivity index (χ1n) is 5.75. The van der Waals surface area contributed by atoms with Crippen molar-refractivity contribution in [2.75, 3.05) is 13.1 Å². The Balaban J connectivity index is 2.18. The molecule has 1 saturated heterocycles. The van der Waals surface area contributed by atoms with Gasteiger partial charge in [0.1, 0.15) is 11.6 Å². The van der Waals surface area contributed by atoms with Crippen molar-refractivity contribution in [1.82, 2.24) is 4.90 Å². The highest BCUT2D eigenvalue weighted by Crippen LogP contribution is 2.19. The lowest BCUT2D eigenvalue weighted by Crippen LogP contribution is -2.43. The summed E-state index contributed by atoms with van der Waals surface area (Å²) < 4.78 is 13.8. The number of carbonyl (C=O) groups is 2. The van der Waals surface area contributed by atoms with Gasteiger partial charge in [-0.1, -0.05) is 22.9 Å². The van der Waals surface area contributed by atoms with Crippen LogP contribution in [-0.2, 0) is 4.79 Å². The van der Waals surface area contributed by atoms with Crippen LogP contribution in [0, 0.1) is 11.7 Å². The molecule has 96 valence electrons. The highest BCUT2D eigenvalue weighted by Gasteiger charge is 2.27. The predicted molar refractivity (Wildman–Crippen MR) is 68.8 cm³/mol. The number of ketones is 1. The number of hydrogen-bond acceptors (Lipinski definition) is 2. The minimum absolute atomic E-state index is 0.139. The van der Waals surface area contributed by atoms with Crippen LogP contribution in [0.2, 0.25) is 0 Å². The lowest BCUT2D eigenvalue weighted by molar-refractivity contribution is -0.124. The maximum atomic E-state index is 13.2. The summed E-state index contributed by atoms with van der Waals surface area (Å²) >= 11 is 3.16. The van der Waals surface area contributed by atoms with Crippen molar-refractivity contribution in [1.29, 1.82) is 0 Å². The van der Waals surface area contributed by atoms with Gasteiger partial charge in [0.2, 0.25) is 0 Å². The zero-order valence-electron chi connectivity index (χ0n) is 9.95. The molecule has 0 spiro atoms. The van der Waals surface area contributed by atoms with Gasteiger partial charge >= 0.3 is 0 Å². The fourth-order valence-corrected chi connectivity index (χ4v) is 2.52. The van der Waals surface area contributed by atoms with Crippen molar-refractivity contribution < 1.29 is 14.0 Å². The number of Topliss-reactive ketones (excluding diaryl/α,β-unsaturated/α-hetero) is 1. The van der Waals surface area contributed by atoms with E-state index in [2.05, 4.69) is 15.9 Å². The van der Waals surface area contributed by atoms with Gasteiger partial charge < -0.3 is 4.90 Å². The fraction of sp³-hybridized carbons (Fsp3) is 0.385. The van der Waals surface area contributed by atoms with E-state index in [-0.39, 0.29) is 17.6 Å². The molecule has 0 radical (unpaired) electrons. The van der Waals surface area contributed by atoms with Gasteiger partial charge in [0.05, 0.1) is 0 Å². The normalized spacial score (nSPS) is 20.1. The van der Waals surface area contributed by atoms with Gasteiger partial charge in [-0.2, -0.15) is 0 Å². The molecule has 1 amide bonds. The van der Waals surface area contributed by atoms with Crippen LogP contribution in [-0.4, -0.2) is 29.7 Å². The molecule has 18 heavy (non-hydrogen) atoms. The third-order valence-corrected chi connectivity index (χ3v) is 3.53. The maximum Gasteiger partial charge on any atom is 0.254 e. The van der Waals surface area contributed by atoms with Crippen LogP contribution in [0.15, 0.2) is 22.7 Å². The third-order valence-electron chi connectivity index (χ3n) is 3.07. The first-order chi connectivity index (χ1) is 8.47. The van der Waals surface area contributed by atoms with E-state index in [0.717, 1.165) is 0 Å². The second-order valence-electron chi connectivity index (χ2n) is 4.53. The Morgan fingerprint density at radius 3 is 2.78 bits per heavy atom. The van der Waals surface area contributed by atoms with E-state index in [1.54, 1.807) is 11.0 Å². The first-order valence-corrected chi connectivity index (χ1v) is 6.55. The number of likely N-dealkylation sites (tertiary alicyclic amines) is 1. The highest BCUT2D eigenvalue weighted by molar-refractivity contribution is 9.10. The molecule has 1 aliphatic heterocycles. The van der Waals surface area contributed by atoms with E-state index in [4.69, 9.17) is 0 Å². The summed E-state index contributed by atoms with van der Waals surface area (Å²) in [5, 5.41) is 0. The average molecular weight is 314 g/mol. The van der Waals surface area contributed by atoms with Gasteiger partial charge in [-0.05, 0) is 18.2 Å². The molecule has 1 aromatic rings. The van der Waals surface area contributed by atoms with Crippen LogP contribution in [0.1, 0.15) is 23.7 Å². The first kappa shape index (κ1) is 13.2. The second kappa shape index (κ2) is 5.18. The van der Waals surface area contributed by atoms with Gasteiger partial charge in [0.15, 0.2) is 0 Å². The SMILES string of the molecule is CC1CN(C(=O)c2cc(F)cc(Br)c2)CCC1=O. The molecule has 1 heterocycles. The van der Waals surface area contributed by atoms with Crippen LogP contribution in [0.4, 0.5) is 4.39 Å². The molecule has 0 N–H and O–H groups in total. The molecule has 1 aliphatic rings.